The minimum absolute atomic E-state index is 0.186. The van der Waals surface area contributed by atoms with Crippen molar-refractivity contribution >= 4 is 5.91 Å². The number of likely N-dealkylation sites (N-methyl/N-ethyl adjacent to an activating group) is 1. The fourth-order valence-corrected chi connectivity index (χ4v) is 3.76. The third kappa shape index (κ3) is 3.53. The number of hydrogen-bond donors (Lipinski definition) is 1. The van der Waals surface area contributed by atoms with Gasteiger partial charge in [0.25, 0.3) is 0 Å². The van der Waals surface area contributed by atoms with Gasteiger partial charge in [-0.05, 0) is 38.6 Å². The highest BCUT2D eigenvalue weighted by Crippen LogP contribution is 2.29. The fraction of sp³-hybridized carbons (Fsp3) is 0.938. The molecule has 2 N–H and O–H groups in total. The Morgan fingerprint density at radius 3 is 2.40 bits per heavy atom. The molecule has 0 radical (unpaired) electrons. The van der Waals surface area contributed by atoms with Crippen molar-refractivity contribution in [2.45, 2.75) is 69.9 Å². The third-order valence-electron chi connectivity index (χ3n) is 5.14. The van der Waals surface area contributed by atoms with Gasteiger partial charge in [-0.3, -0.25) is 4.79 Å². The lowest BCUT2D eigenvalue weighted by Gasteiger charge is -2.41. The maximum absolute atomic E-state index is 12.7. The molecule has 0 spiro atoms. The molecule has 1 saturated carbocycles. The molecule has 4 nitrogen and oxygen atoms in total. The summed E-state index contributed by atoms with van der Waals surface area (Å²) in [6.45, 7) is 5.65. The van der Waals surface area contributed by atoms with Crippen LogP contribution in [0.4, 0.5) is 0 Å². The second-order valence-corrected chi connectivity index (χ2v) is 6.71. The summed E-state index contributed by atoms with van der Waals surface area (Å²) in [6.07, 6.45) is 8.57. The van der Waals surface area contributed by atoms with Crippen LogP contribution in [0.1, 0.15) is 58.3 Å². The molecule has 2 fully saturated rings. The quantitative estimate of drug-likeness (QED) is 0.857. The highest BCUT2D eigenvalue weighted by molar-refractivity contribution is 5.86. The van der Waals surface area contributed by atoms with Crippen molar-refractivity contribution in [2.24, 2.45) is 5.73 Å². The van der Waals surface area contributed by atoms with Crippen molar-refractivity contribution in [1.29, 1.82) is 0 Å². The number of hydrogen-bond acceptors (Lipinski definition) is 3. The molecule has 0 unspecified atom stereocenters. The van der Waals surface area contributed by atoms with Crippen LogP contribution in [0.3, 0.4) is 0 Å². The number of carbonyl (C=O) groups excluding carboxylic acids is 1. The maximum Gasteiger partial charge on any atom is 0.242 e. The zero-order valence-corrected chi connectivity index (χ0v) is 13.2. The lowest BCUT2D eigenvalue weighted by Crippen LogP contribution is -2.58. The number of piperidine rings is 1. The SMILES string of the molecule is CCCN1CCC(N(C)C(=O)C2(N)CCCCC2)CC1. The monoisotopic (exact) mass is 281 g/mol. The molecule has 116 valence electrons. The summed E-state index contributed by atoms with van der Waals surface area (Å²) in [5.74, 6) is 0.186. The normalized spacial score (nSPS) is 24.6. The average Bonchev–Trinajstić information content (AvgIpc) is 2.48. The van der Waals surface area contributed by atoms with Crippen LogP contribution in [0.2, 0.25) is 0 Å². The van der Waals surface area contributed by atoms with E-state index in [1.807, 2.05) is 11.9 Å². The van der Waals surface area contributed by atoms with E-state index in [1.54, 1.807) is 0 Å². The lowest BCUT2D eigenvalue weighted by molar-refractivity contribution is -0.140. The summed E-state index contributed by atoms with van der Waals surface area (Å²) in [5, 5.41) is 0. The molecule has 0 atom stereocenters. The molecule has 0 aromatic rings. The van der Waals surface area contributed by atoms with E-state index in [2.05, 4.69) is 11.8 Å². The molecular formula is C16H31N3O. The number of amides is 1. The lowest BCUT2D eigenvalue weighted by atomic mass is 9.81. The summed E-state index contributed by atoms with van der Waals surface area (Å²) < 4.78 is 0. The van der Waals surface area contributed by atoms with Crippen LogP contribution in [0, 0.1) is 0 Å². The van der Waals surface area contributed by atoms with E-state index >= 15 is 0 Å². The summed E-state index contributed by atoms with van der Waals surface area (Å²) in [4.78, 5) is 17.2. The fourth-order valence-electron chi connectivity index (χ4n) is 3.76. The summed E-state index contributed by atoms with van der Waals surface area (Å²) in [7, 11) is 1.96. The van der Waals surface area contributed by atoms with Gasteiger partial charge < -0.3 is 15.5 Å². The van der Waals surface area contributed by atoms with Crippen molar-refractivity contribution in [3.05, 3.63) is 0 Å². The smallest absolute Gasteiger partial charge is 0.242 e. The highest BCUT2D eigenvalue weighted by atomic mass is 16.2. The Kier molecular flexibility index (Phi) is 5.44. The molecule has 0 aromatic heterocycles. The van der Waals surface area contributed by atoms with Crippen LogP contribution in [-0.4, -0.2) is 54.0 Å². The van der Waals surface area contributed by atoms with Gasteiger partial charge in [-0.25, -0.2) is 0 Å². The van der Waals surface area contributed by atoms with Gasteiger partial charge in [-0.15, -0.1) is 0 Å². The van der Waals surface area contributed by atoms with Gasteiger partial charge in [0, 0.05) is 26.2 Å². The van der Waals surface area contributed by atoms with Crippen LogP contribution >= 0.6 is 0 Å². The molecule has 1 aliphatic carbocycles. The summed E-state index contributed by atoms with van der Waals surface area (Å²) in [6, 6.07) is 0.387. The second-order valence-electron chi connectivity index (χ2n) is 6.71. The van der Waals surface area contributed by atoms with E-state index in [0.717, 1.165) is 51.6 Å². The van der Waals surface area contributed by atoms with Gasteiger partial charge in [-0.1, -0.05) is 26.2 Å². The Balaban J connectivity index is 1.88. The van der Waals surface area contributed by atoms with Crippen LogP contribution < -0.4 is 5.73 Å². The van der Waals surface area contributed by atoms with Crippen molar-refractivity contribution in [2.75, 3.05) is 26.7 Å². The van der Waals surface area contributed by atoms with Gasteiger partial charge in [-0.2, -0.15) is 0 Å². The molecule has 1 saturated heterocycles. The predicted octanol–water partition coefficient (Wildman–Crippen LogP) is 1.98. The highest BCUT2D eigenvalue weighted by Gasteiger charge is 2.39. The summed E-state index contributed by atoms with van der Waals surface area (Å²) >= 11 is 0. The second kappa shape index (κ2) is 6.90. The van der Waals surface area contributed by atoms with Crippen LogP contribution in [0.25, 0.3) is 0 Å². The number of carbonyl (C=O) groups is 1. The largest absolute Gasteiger partial charge is 0.341 e. The Hall–Kier alpha value is -0.610. The first kappa shape index (κ1) is 15.8. The van der Waals surface area contributed by atoms with E-state index in [9.17, 15) is 4.79 Å². The van der Waals surface area contributed by atoms with Crippen LogP contribution in [0.15, 0.2) is 0 Å². The molecule has 1 heterocycles. The van der Waals surface area contributed by atoms with E-state index in [4.69, 9.17) is 5.73 Å². The van der Waals surface area contributed by atoms with E-state index in [0.29, 0.717) is 6.04 Å². The van der Waals surface area contributed by atoms with Crippen molar-refractivity contribution in [3.63, 3.8) is 0 Å². The van der Waals surface area contributed by atoms with Crippen molar-refractivity contribution in [1.82, 2.24) is 9.80 Å². The predicted molar refractivity (Wildman–Crippen MR) is 82.5 cm³/mol. The van der Waals surface area contributed by atoms with Gasteiger partial charge in [0.15, 0.2) is 0 Å². The van der Waals surface area contributed by atoms with E-state index in [1.165, 1.54) is 19.4 Å². The van der Waals surface area contributed by atoms with Crippen molar-refractivity contribution < 1.29 is 4.79 Å². The molecular weight excluding hydrogens is 250 g/mol. The topological polar surface area (TPSA) is 49.6 Å². The first-order valence-corrected chi connectivity index (χ1v) is 8.35. The van der Waals surface area contributed by atoms with E-state index in [-0.39, 0.29) is 5.91 Å². The standard InChI is InChI=1S/C16H31N3O/c1-3-11-19-12-7-14(8-13-19)18(2)15(20)16(17)9-5-4-6-10-16/h14H,3-13,17H2,1-2H3. The first-order chi connectivity index (χ1) is 9.57. The van der Waals surface area contributed by atoms with Crippen LogP contribution in [0.5, 0.6) is 0 Å². The van der Waals surface area contributed by atoms with Gasteiger partial charge in [0.2, 0.25) is 5.91 Å². The van der Waals surface area contributed by atoms with Gasteiger partial charge in [0.1, 0.15) is 0 Å². The minimum Gasteiger partial charge on any atom is -0.341 e. The third-order valence-corrected chi connectivity index (χ3v) is 5.14. The Bertz CT molecular complexity index is 318. The molecule has 0 aromatic carbocycles. The van der Waals surface area contributed by atoms with E-state index < -0.39 is 5.54 Å². The number of nitrogens with two attached hydrogens (primary N) is 1. The first-order valence-electron chi connectivity index (χ1n) is 8.35. The molecule has 1 aliphatic heterocycles. The minimum atomic E-state index is -0.576. The average molecular weight is 281 g/mol. The van der Waals surface area contributed by atoms with Crippen molar-refractivity contribution in [3.8, 4) is 0 Å². The van der Waals surface area contributed by atoms with Crippen LogP contribution in [-0.2, 0) is 4.79 Å². The number of likely N-dealkylation sites (tertiary alicyclic amines) is 1. The Morgan fingerprint density at radius 1 is 1.25 bits per heavy atom. The molecule has 2 rings (SSSR count). The molecule has 4 heteroatoms. The Morgan fingerprint density at radius 2 is 1.85 bits per heavy atom. The molecule has 1 amide bonds. The molecule has 2 aliphatic rings. The molecule has 0 bridgehead atoms. The van der Waals surface area contributed by atoms with Gasteiger partial charge in [0.05, 0.1) is 5.54 Å². The molecule has 20 heavy (non-hydrogen) atoms. The zero-order chi connectivity index (χ0) is 14.6. The zero-order valence-electron chi connectivity index (χ0n) is 13.2. The Labute approximate surface area is 123 Å². The number of nitrogens with zero attached hydrogens (tertiary/aromatic N) is 2. The maximum atomic E-state index is 12.7. The summed E-state index contributed by atoms with van der Waals surface area (Å²) in [5.41, 5.74) is 5.81. The number of rotatable bonds is 4. The van der Waals surface area contributed by atoms with Gasteiger partial charge >= 0.3 is 0 Å².